The number of hydrogen-bond acceptors (Lipinski definition) is 8. The minimum Gasteiger partial charge on any atom is -0.461 e. The van der Waals surface area contributed by atoms with Gasteiger partial charge in [-0.25, -0.2) is 13.8 Å². The van der Waals surface area contributed by atoms with Gasteiger partial charge in [0, 0.05) is 18.1 Å². The van der Waals surface area contributed by atoms with Crippen LogP contribution < -0.4 is 15.8 Å². The number of nitrogen functional groups attached to an aromatic ring is 1. The van der Waals surface area contributed by atoms with Crippen molar-refractivity contribution >= 4 is 27.5 Å². The summed E-state index contributed by atoms with van der Waals surface area (Å²) in [6.45, 7) is 4.58. The molecule has 0 aliphatic carbocycles. The normalized spacial score (nSPS) is 18.9. The number of terminal acetylenes is 1. The molecule has 1 atom stereocenters. The Balaban J connectivity index is 0.000000398. The minimum atomic E-state index is -5.46. The SMILES string of the molecule is C#Cc1c(F)ccc2cccc(-c3nc(CCCC4CCCCNC4)c4c(N)nc(OCC56CCCN5CCC6)nc4c3F)c12.COC(C)(C(F)(F)F)C(F)(F)F. The molecule has 3 fully saturated rings. The number of nitrogens with one attached hydrogen (secondary N) is 1. The summed E-state index contributed by atoms with van der Waals surface area (Å²) in [5.41, 5.74) is 3.71. The van der Waals surface area contributed by atoms with Crippen LogP contribution in [-0.4, -0.2) is 83.2 Å². The summed E-state index contributed by atoms with van der Waals surface area (Å²) in [4.78, 5) is 16.5. The monoisotopic (exact) mass is 806 g/mol. The van der Waals surface area contributed by atoms with Gasteiger partial charge in [0.1, 0.15) is 29.5 Å². The Hall–Kier alpha value is -4.33. The van der Waals surface area contributed by atoms with Crippen molar-refractivity contribution in [2.75, 3.05) is 45.6 Å². The number of anilines is 1. The van der Waals surface area contributed by atoms with Crippen molar-refractivity contribution in [3.63, 3.8) is 0 Å². The molecule has 0 radical (unpaired) electrons. The number of methoxy groups -OCH3 is 1. The number of hydrogen-bond donors (Lipinski definition) is 2. The Morgan fingerprint density at radius 1 is 0.965 bits per heavy atom. The molecule has 57 heavy (non-hydrogen) atoms. The van der Waals surface area contributed by atoms with E-state index in [1.807, 2.05) is 6.07 Å². The molecule has 308 valence electrons. The molecule has 3 aliphatic heterocycles. The van der Waals surface area contributed by atoms with Crippen LogP contribution >= 0.6 is 0 Å². The topological polar surface area (TPSA) is 98.4 Å². The van der Waals surface area contributed by atoms with Crippen LogP contribution in [0.4, 0.5) is 40.9 Å². The third-order valence-corrected chi connectivity index (χ3v) is 11.7. The van der Waals surface area contributed by atoms with Crippen LogP contribution in [0.15, 0.2) is 30.3 Å². The van der Waals surface area contributed by atoms with E-state index in [-0.39, 0.29) is 41.1 Å². The fourth-order valence-electron chi connectivity index (χ4n) is 8.32. The van der Waals surface area contributed by atoms with E-state index in [0.29, 0.717) is 53.5 Å². The van der Waals surface area contributed by atoms with E-state index in [9.17, 15) is 30.7 Å². The molecule has 0 amide bonds. The second-order valence-electron chi connectivity index (χ2n) is 15.2. The highest BCUT2D eigenvalue weighted by Crippen LogP contribution is 2.45. The van der Waals surface area contributed by atoms with Crippen LogP contribution in [0.2, 0.25) is 0 Å². The van der Waals surface area contributed by atoms with Gasteiger partial charge < -0.3 is 20.5 Å². The van der Waals surface area contributed by atoms with Gasteiger partial charge in [-0.3, -0.25) is 4.90 Å². The summed E-state index contributed by atoms with van der Waals surface area (Å²) in [7, 11) is 0.362. The van der Waals surface area contributed by atoms with Gasteiger partial charge in [-0.2, -0.15) is 36.3 Å². The van der Waals surface area contributed by atoms with E-state index in [1.54, 1.807) is 18.2 Å². The maximum Gasteiger partial charge on any atom is 0.426 e. The molecule has 4 aromatic rings. The van der Waals surface area contributed by atoms with Crippen LogP contribution in [0.5, 0.6) is 6.01 Å². The van der Waals surface area contributed by atoms with E-state index in [1.165, 1.54) is 25.3 Å². The minimum absolute atomic E-state index is 0.0221. The molecule has 16 heteroatoms. The van der Waals surface area contributed by atoms with Crippen molar-refractivity contribution in [2.45, 2.75) is 94.6 Å². The van der Waals surface area contributed by atoms with Crippen molar-refractivity contribution in [1.29, 1.82) is 0 Å². The van der Waals surface area contributed by atoms with Gasteiger partial charge in [0.15, 0.2) is 5.82 Å². The van der Waals surface area contributed by atoms with Crippen molar-refractivity contribution in [3.05, 3.63) is 53.2 Å². The highest BCUT2D eigenvalue weighted by atomic mass is 19.4. The predicted molar refractivity (Wildman–Crippen MR) is 201 cm³/mol. The quantitative estimate of drug-likeness (QED) is 0.128. The van der Waals surface area contributed by atoms with Gasteiger partial charge in [0.25, 0.3) is 5.60 Å². The van der Waals surface area contributed by atoms with E-state index in [4.69, 9.17) is 21.9 Å². The molecular weight excluding hydrogens is 760 g/mol. The summed E-state index contributed by atoms with van der Waals surface area (Å²) in [5.74, 6) is 2.02. The molecule has 7 rings (SSSR count). The molecule has 8 nitrogen and oxygen atoms in total. The molecule has 3 saturated heterocycles. The van der Waals surface area contributed by atoms with E-state index in [2.05, 4.69) is 30.8 Å². The number of ether oxygens (including phenoxy) is 2. The van der Waals surface area contributed by atoms with Gasteiger partial charge in [0.05, 0.1) is 22.2 Å². The number of benzene rings is 2. The van der Waals surface area contributed by atoms with E-state index in [0.717, 1.165) is 64.7 Å². The Bertz CT molecular complexity index is 2090. The van der Waals surface area contributed by atoms with E-state index >= 15 is 4.39 Å². The molecule has 0 bridgehead atoms. The zero-order valence-electron chi connectivity index (χ0n) is 31.9. The van der Waals surface area contributed by atoms with Gasteiger partial charge in [-0.05, 0) is 108 Å². The fraction of sp³-hybridized carbons (Fsp3) is 0.537. The number of nitrogens with two attached hydrogens (primary N) is 1. The molecule has 2 aromatic heterocycles. The summed E-state index contributed by atoms with van der Waals surface area (Å²) in [6.07, 6.45) is 5.32. The first-order chi connectivity index (χ1) is 27.0. The molecule has 2 aromatic carbocycles. The Morgan fingerprint density at radius 3 is 2.33 bits per heavy atom. The first-order valence-electron chi connectivity index (χ1n) is 19.1. The van der Waals surface area contributed by atoms with Crippen LogP contribution in [0.25, 0.3) is 32.9 Å². The Labute approximate surface area is 325 Å². The zero-order valence-corrected chi connectivity index (χ0v) is 31.9. The van der Waals surface area contributed by atoms with Crippen LogP contribution in [0.3, 0.4) is 0 Å². The lowest BCUT2D eigenvalue weighted by Crippen LogP contribution is -2.55. The lowest BCUT2D eigenvalue weighted by Gasteiger charge is -2.32. The molecule has 1 unspecified atom stereocenters. The zero-order chi connectivity index (χ0) is 41.2. The lowest BCUT2D eigenvalue weighted by atomic mass is 9.94. The van der Waals surface area contributed by atoms with Gasteiger partial charge in [-0.1, -0.05) is 36.6 Å². The summed E-state index contributed by atoms with van der Waals surface area (Å²) in [5, 5.41) is 5.10. The van der Waals surface area contributed by atoms with Gasteiger partial charge in [0.2, 0.25) is 0 Å². The van der Waals surface area contributed by atoms with Crippen molar-refractivity contribution in [3.8, 4) is 29.6 Å². The predicted octanol–water partition coefficient (Wildman–Crippen LogP) is 8.92. The molecule has 0 spiro atoms. The summed E-state index contributed by atoms with van der Waals surface area (Å²) >= 11 is 0. The number of halogens is 8. The maximum absolute atomic E-state index is 16.7. The molecular formula is C41H46F8N6O2. The average molecular weight is 807 g/mol. The first kappa shape index (κ1) is 42.3. The molecule has 5 heterocycles. The number of aromatic nitrogens is 3. The van der Waals surface area contributed by atoms with Gasteiger partial charge >= 0.3 is 18.4 Å². The number of aryl methyl sites for hydroxylation is 1. The molecule has 3 N–H and O–H groups in total. The number of fused-ring (bicyclic) bond motifs is 3. The van der Waals surface area contributed by atoms with Crippen LogP contribution in [0.1, 0.15) is 76.0 Å². The number of pyridine rings is 1. The third-order valence-electron chi connectivity index (χ3n) is 11.7. The standard InChI is InChI=1S/C36H40F2N6O.C5H6F6O/c1-2-25-27(37)15-14-24-11-6-12-26(29(24)25)32-31(38)33-30(28(41-32)13-5-10-23-9-3-4-18-40-21-23)34(39)43-35(42-33)45-22-36-16-7-19-44(36)20-8-17-36;1-3(12-2,4(6,7)8)5(9,10)11/h1,6,11-12,14-15,23,40H,3-5,7-10,13,16-22H2,(H2,39,42,43);1-2H3. The van der Waals surface area contributed by atoms with Crippen molar-refractivity contribution in [2.24, 2.45) is 5.92 Å². The Morgan fingerprint density at radius 2 is 1.68 bits per heavy atom. The maximum atomic E-state index is 16.7. The first-order valence-corrected chi connectivity index (χ1v) is 19.1. The highest BCUT2D eigenvalue weighted by molar-refractivity contribution is 6.02. The second-order valence-corrected chi connectivity index (χ2v) is 15.2. The summed E-state index contributed by atoms with van der Waals surface area (Å²) in [6, 6.07) is 8.42. The molecule has 0 saturated carbocycles. The average Bonchev–Trinajstić information content (AvgIpc) is 3.65. The molecule has 3 aliphatic rings. The highest BCUT2D eigenvalue weighted by Gasteiger charge is 2.68. The van der Waals surface area contributed by atoms with Crippen LogP contribution in [-0.2, 0) is 11.2 Å². The smallest absolute Gasteiger partial charge is 0.426 e. The fourth-order valence-corrected chi connectivity index (χ4v) is 8.32. The van der Waals surface area contributed by atoms with Gasteiger partial charge in [-0.15, -0.1) is 6.42 Å². The van der Waals surface area contributed by atoms with Crippen molar-refractivity contribution < 1.29 is 44.6 Å². The number of rotatable bonds is 9. The van der Waals surface area contributed by atoms with E-state index < -0.39 is 29.6 Å². The Kier molecular flexibility index (Phi) is 12.5. The number of alkyl halides is 6. The summed E-state index contributed by atoms with van der Waals surface area (Å²) < 4.78 is 112. The number of nitrogens with zero attached hydrogens (tertiary/aromatic N) is 4. The third kappa shape index (κ3) is 8.47. The van der Waals surface area contributed by atoms with Crippen molar-refractivity contribution in [1.82, 2.24) is 25.2 Å². The second kappa shape index (κ2) is 16.9. The lowest BCUT2D eigenvalue weighted by molar-refractivity contribution is -0.367. The van der Waals surface area contributed by atoms with Crippen LogP contribution in [0, 0.1) is 29.9 Å². The largest absolute Gasteiger partial charge is 0.461 e.